The van der Waals surface area contributed by atoms with Gasteiger partial charge in [-0.05, 0) is 39.5 Å². The molecule has 1 aliphatic rings. The molecule has 0 bridgehead atoms. The van der Waals surface area contributed by atoms with E-state index < -0.39 is 30.3 Å². The lowest BCUT2D eigenvalue weighted by Crippen LogP contribution is -2.54. The summed E-state index contributed by atoms with van der Waals surface area (Å²) in [6, 6.07) is -2.08. The molecule has 4 N–H and O–H groups in total. The van der Waals surface area contributed by atoms with Gasteiger partial charge in [-0.1, -0.05) is 49.8 Å². The molecular weight excluding hydrogens is 432 g/mol. The standard InChI is InChI=1S/C24H39F2N3O4/c1-6-7-8-9-10-17(4)12-19(21(30)24(5)15-33-24)29-22(31)20(11-16(2)3)28-13-18(27)14-32-23(25)26/h6-10,16,18-20,23,28H,11-15,27H2,1-5H3,(H,29,31)/b7-6-,9-8-,17-10+/t18?,19?,20-,24?/m0/s1. The molecule has 0 spiro atoms. The van der Waals surface area contributed by atoms with Gasteiger partial charge in [0.1, 0.15) is 5.60 Å². The summed E-state index contributed by atoms with van der Waals surface area (Å²) in [5.41, 5.74) is 5.86. The van der Waals surface area contributed by atoms with Crippen LogP contribution in [0.5, 0.6) is 0 Å². The molecule has 0 aromatic heterocycles. The smallest absolute Gasteiger partial charge is 0.345 e. The Morgan fingerprint density at radius 3 is 2.42 bits per heavy atom. The van der Waals surface area contributed by atoms with Crippen LogP contribution in [0.2, 0.25) is 0 Å². The molecule has 9 heteroatoms. The maximum absolute atomic E-state index is 13.1. The largest absolute Gasteiger partial charge is 0.361 e. The van der Waals surface area contributed by atoms with E-state index in [1.807, 2.05) is 58.1 Å². The molecule has 7 nitrogen and oxygen atoms in total. The summed E-state index contributed by atoms with van der Waals surface area (Å²) in [7, 11) is 0. The van der Waals surface area contributed by atoms with Crippen LogP contribution in [-0.4, -0.2) is 61.8 Å². The third kappa shape index (κ3) is 11.7. The van der Waals surface area contributed by atoms with E-state index >= 15 is 0 Å². The summed E-state index contributed by atoms with van der Waals surface area (Å²) < 4.78 is 34.0. The fraction of sp³-hybridized carbons (Fsp3) is 0.667. The Balaban J connectivity index is 2.87. The molecule has 4 atom stereocenters. The normalized spacial score (nSPS) is 21.7. The summed E-state index contributed by atoms with van der Waals surface area (Å²) >= 11 is 0. The van der Waals surface area contributed by atoms with Crippen LogP contribution in [0.15, 0.2) is 36.0 Å². The van der Waals surface area contributed by atoms with Gasteiger partial charge in [0, 0.05) is 12.6 Å². The first-order valence-corrected chi connectivity index (χ1v) is 11.3. The van der Waals surface area contributed by atoms with E-state index in [4.69, 9.17) is 10.5 Å². The zero-order valence-electron chi connectivity index (χ0n) is 20.3. The molecule has 0 radical (unpaired) electrons. The molecule has 188 valence electrons. The van der Waals surface area contributed by atoms with Crippen molar-refractivity contribution in [1.82, 2.24) is 10.6 Å². The summed E-state index contributed by atoms with van der Waals surface area (Å²) in [5, 5.41) is 5.91. The lowest BCUT2D eigenvalue weighted by Gasteiger charge is -2.26. The Bertz CT molecular complexity index is 718. The molecular formula is C24H39F2N3O4. The molecule has 1 heterocycles. The maximum Gasteiger partial charge on any atom is 0.345 e. The quantitative estimate of drug-likeness (QED) is 0.236. The second-order valence-corrected chi connectivity index (χ2v) is 9.02. The third-order valence-electron chi connectivity index (χ3n) is 5.14. The van der Waals surface area contributed by atoms with Gasteiger partial charge in [0.2, 0.25) is 5.91 Å². The highest BCUT2D eigenvalue weighted by Gasteiger charge is 2.50. The van der Waals surface area contributed by atoms with Crippen molar-refractivity contribution < 1.29 is 27.8 Å². The van der Waals surface area contributed by atoms with E-state index in [0.29, 0.717) is 19.4 Å². The molecule has 3 unspecified atom stereocenters. The number of rotatable bonds is 16. The number of allylic oxidation sites excluding steroid dienone is 5. The number of carbonyl (C=O) groups is 2. The highest BCUT2D eigenvalue weighted by Crippen LogP contribution is 2.29. The number of epoxide rings is 1. The molecule has 0 saturated carbocycles. The van der Waals surface area contributed by atoms with Crippen LogP contribution in [0.25, 0.3) is 0 Å². The van der Waals surface area contributed by atoms with E-state index in [9.17, 15) is 18.4 Å². The van der Waals surface area contributed by atoms with Crippen LogP contribution >= 0.6 is 0 Å². The minimum absolute atomic E-state index is 0.117. The Labute approximate surface area is 195 Å². The number of nitrogens with one attached hydrogen (secondary N) is 2. The molecule has 0 aliphatic carbocycles. The molecule has 0 aromatic carbocycles. The first-order chi connectivity index (χ1) is 15.5. The van der Waals surface area contributed by atoms with Gasteiger partial charge in [-0.25, -0.2) is 0 Å². The Hall–Kier alpha value is -1.94. The minimum atomic E-state index is -2.90. The van der Waals surface area contributed by atoms with Crippen LogP contribution in [0.1, 0.15) is 47.5 Å². The first-order valence-electron chi connectivity index (χ1n) is 11.3. The van der Waals surface area contributed by atoms with Crippen molar-refractivity contribution in [3.63, 3.8) is 0 Å². The predicted molar refractivity (Wildman–Crippen MR) is 125 cm³/mol. The molecule has 1 saturated heterocycles. The van der Waals surface area contributed by atoms with Gasteiger partial charge in [0.05, 0.1) is 25.3 Å². The van der Waals surface area contributed by atoms with Gasteiger partial charge in [-0.3, -0.25) is 9.59 Å². The molecule has 1 aliphatic heterocycles. The molecule has 33 heavy (non-hydrogen) atoms. The van der Waals surface area contributed by atoms with Crippen molar-refractivity contribution in [3.8, 4) is 0 Å². The molecule has 1 fully saturated rings. The van der Waals surface area contributed by atoms with Crippen LogP contribution in [0.3, 0.4) is 0 Å². The fourth-order valence-electron chi connectivity index (χ4n) is 3.19. The van der Waals surface area contributed by atoms with Crippen LogP contribution in [0.4, 0.5) is 8.78 Å². The topological polar surface area (TPSA) is 106 Å². The van der Waals surface area contributed by atoms with E-state index in [-0.39, 0.29) is 30.8 Å². The number of ether oxygens (including phenoxy) is 2. The summed E-state index contributed by atoms with van der Waals surface area (Å²) in [6.07, 6.45) is 10.3. The van der Waals surface area contributed by atoms with Gasteiger partial charge < -0.3 is 25.8 Å². The summed E-state index contributed by atoms with van der Waals surface area (Å²) in [6.45, 7) is 6.68. The number of hydrogen-bond acceptors (Lipinski definition) is 6. The Morgan fingerprint density at radius 2 is 1.88 bits per heavy atom. The van der Waals surface area contributed by atoms with E-state index in [2.05, 4.69) is 15.4 Å². The lowest BCUT2D eigenvalue weighted by atomic mass is 9.94. The molecule has 1 amide bonds. The van der Waals surface area contributed by atoms with Crippen molar-refractivity contribution in [2.75, 3.05) is 19.8 Å². The van der Waals surface area contributed by atoms with Crippen LogP contribution in [0, 0.1) is 5.92 Å². The highest BCUT2D eigenvalue weighted by atomic mass is 19.3. The molecule has 1 rings (SSSR count). The van der Waals surface area contributed by atoms with E-state index in [1.54, 1.807) is 6.92 Å². The Kier molecular flexibility index (Phi) is 12.7. The zero-order valence-corrected chi connectivity index (χ0v) is 20.3. The number of carbonyl (C=O) groups excluding carboxylic acids is 2. The predicted octanol–water partition coefficient (Wildman–Crippen LogP) is 2.87. The highest BCUT2D eigenvalue weighted by molar-refractivity contribution is 5.97. The molecule has 0 aromatic rings. The SMILES string of the molecule is C\C=C/C=C\C=C(/C)CC(NC(=O)[C@H](CC(C)C)NCC(N)COC(F)F)C(=O)C1(C)CO1. The van der Waals surface area contributed by atoms with Crippen molar-refractivity contribution in [2.24, 2.45) is 11.7 Å². The number of amides is 1. The van der Waals surface area contributed by atoms with Gasteiger partial charge in [0.25, 0.3) is 0 Å². The second kappa shape index (κ2) is 14.3. The average molecular weight is 472 g/mol. The van der Waals surface area contributed by atoms with Gasteiger partial charge in [-0.2, -0.15) is 8.78 Å². The van der Waals surface area contributed by atoms with Crippen molar-refractivity contribution in [2.45, 2.75) is 77.8 Å². The maximum atomic E-state index is 13.1. The summed E-state index contributed by atoms with van der Waals surface area (Å²) in [5.74, 6) is -0.337. The van der Waals surface area contributed by atoms with Gasteiger partial charge >= 0.3 is 6.61 Å². The van der Waals surface area contributed by atoms with Crippen molar-refractivity contribution in [1.29, 1.82) is 0 Å². The van der Waals surface area contributed by atoms with Gasteiger partial charge in [-0.15, -0.1) is 0 Å². The number of hydrogen-bond donors (Lipinski definition) is 3. The lowest BCUT2D eigenvalue weighted by molar-refractivity contribution is -0.133. The second-order valence-electron chi connectivity index (χ2n) is 9.02. The van der Waals surface area contributed by atoms with E-state index in [0.717, 1.165) is 5.57 Å². The van der Waals surface area contributed by atoms with Crippen molar-refractivity contribution in [3.05, 3.63) is 36.0 Å². The van der Waals surface area contributed by atoms with E-state index in [1.165, 1.54) is 0 Å². The van der Waals surface area contributed by atoms with Crippen molar-refractivity contribution >= 4 is 11.7 Å². The number of ketones is 1. The minimum Gasteiger partial charge on any atom is -0.361 e. The fourth-order valence-corrected chi connectivity index (χ4v) is 3.19. The third-order valence-corrected chi connectivity index (χ3v) is 5.14. The Morgan fingerprint density at radius 1 is 1.21 bits per heavy atom. The van der Waals surface area contributed by atoms with Crippen LogP contribution < -0.4 is 16.4 Å². The first kappa shape index (κ1) is 29.1. The zero-order chi connectivity index (χ0) is 25.0. The summed E-state index contributed by atoms with van der Waals surface area (Å²) in [4.78, 5) is 26.1. The van der Waals surface area contributed by atoms with Crippen LogP contribution in [-0.2, 0) is 19.1 Å². The van der Waals surface area contributed by atoms with Gasteiger partial charge in [0.15, 0.2) is 5.78 Å². The number of Topliss-reactive ketones (excluding diaryl/α,β-unsaturated/α-hetero) is 1. The monoisotopic (exact) mass is 471 g/mol. The average Bonchev–Trinajstić information content (AvgIpc) is 3.49. The number of halogens is 2. The number of alkyl halides is 2. The number of nitrogens with two attached hydrogens (primary N) is 1.